The minimum atomic E-state index is -3.57. The Kier molecular flexibility index (Phi) is 4.31. The Morgan fingerprint density at radius 3 is 2.65 bits per heavy atom. The van der Waals surface area contributed by atoms with Crippen LogP contribution in [-0.4, -0.2) is 37.8 Å². The Morgan fingerprint density at radius 1 is 1.53 bits per heavy atom. The maximum absolute atomic E-state index is 11.9. The Balaban J connectivity index is 2.76. The molecule has 3 N–H and O–H groups in total. The van der Waals surface area contributed by atoms with Gasteiger partial charge in [-0.05, 0) is 19.9 Å². The van der Waals surface area contributed by atoms with Crippen LogP contribution in [-0.2, 0) is 21.4 Å². The van der Waals surface area contributed by atoms with Crippen molar-refractivity contribution < 1.29 is 18.3 Å². The number of rotatable bonds is 6. The van der Waals surface area contributed by atoms with Crippen molar-refractivity contribution in [3.8, 4) is 0 Å². The van der Waals surface area contributed by atoms with Crippen LogP contribution in [0.25, 0.3) is 0 Å². The SMILES string of the molecule is COC(C)(C)CNS(=O)(=O)c1c[nH]c(CO)c1. The zero-order chi connectivity index (χ0) is 13.1. The van der Waals surface area contributed by atoms with Crippen molar-refractivity contribution in [3.63, 3.8) is 0 Å². The van der Waals surface area contributed by atoms with Crippen LogP contribution in [0.15, 0.2) is 17.2 Å². The molecule has 0 saturated heterocycles. The lowest BCUT2D eigenvalue weighted by molar-refractivity contribution is 0.0276. The molecular weight excluding hydrogens is 244 g/mol. The summed E-state index contributed by atoms with van der Waals surface area (Å²) in [6.07, 6.45) is 1.34. The molecule has 0 spiro atoms. The molecule has 0 radical (unpaired) electrons. The van der Waals surface area contributed by atoms with Crippen LogP contribution < -0.4 is 4.72 Å². The molecule has 0 atom stereocenters. The first kappa shape index (κ1) is 14.2. The minimum absolute atomic E-state index is 0.105. The number of hydrogen-bond acceptors (Lipinski definition) is 4. The summed E-state index contributed by atoms with van der Waals surface area (Å²) >= 11 is 0. The lowest BCUT2D eigenvalue weighted by Crippen LogP contribution is -2.39. The van der Waals surface area contributed by atoms with Crippen molar-refractivity contribution in [1.82, 2.24) is 9.71 Å². The van der Waals surface area contributed by atoms with E-state index in [-0.39, 0.29) is 18.0 Å². The normalized spacial score (nSPS) is 12.9. The second-order valence-corrected chi connectivity index (χ2v) is 6.07. The van der Waals surface area contributed by atoms with E-state index in [9.17, 15) is 8.42 Å². The molecule has 0 aliphatic rings. The van der Waals surface area contributed by atoms with Crippen molar-refractivity contribution in [2.24, 2.45) is 0 Å². The summed E-state index contributed by atoms with van der Waals surface area (Å²) in [5, 5.41) is 8.85. The number of ether oxygens (including phenoxy) is 1. The summed E-state index contributed by atoms with van der Waals surface area (Å²) in [7, 11) is -2.04. The van der Waals surface area contributed by atoms with E-state index < -0.39 is 15.6 Å². The fourth-order valence-corrected chi connectivity index (χ4v) is 2.31. The summed E-state index contributed by atoms with van der Waals surface area (Å²) in [6.45, 7) is 3.52. The van der Waals surface area contributed by atoms with Gasteiger partial charge in [0.15, 0.2) is 0 Å². The van der Waals surface area contributed by atoms with Gasteiger partial charge in [-0.25, -0.2) is 13.1 Å². The van der Waals surface area contributed by atoms with Crippen LogP contribution in [0.4, 0.5) is 0 Å². The smallest absolute Gasteiger partial charge is 0.242 e. The second kappa shape index (κ2) is 5.18. The Bertz CT molecular complexity index is 464. The third-order valence-electron chi connectivity index (χ3n) is 2.44. The summed E-state index contributed by atoms with van der Waals surface area (Å²) in [5.74, 6) is 0. The monoisotopic (exact) mass is 262 g/mol. The van der Waals surface area contributed by atoms with Crippen molar-refractivity contribution in [2.45, 2.75) is 31.0 Å². The highest BCUT2D eigenvalue weighted by Crippen LogP contribution is 2.12. The molecule has 0 aliphatic carbocycles. The van der Waals surface area contributed by atoms with E-state index in [1.165, 1.54) is 19.4 Å². The number of aromatic amines is 1. The maximum Gasteiger partial charge on any atom is 0.242 e. The average Bonchev–Trinajstić information content (AvgIpc) is 2.76. The Morgan fingerprint density at radius 2 is 2.18 bits per heavy atom. The van der Waals surface area contributed by atoms with E-state index >= 15 is 0 Å². The zero-order valence-electron chi connectivity index (χ0n) is 10.1. The fraction of sp³-hybridized carbons (Fsp3) is 0.600. The predicted octanol–water partition coefficient (Wildman–Crippen LogP) is 0.210. The Labute approximate surface area is 101 Å². The lowest BCUT2D eigenvalue weighted by atomic mass is 10.1. The predicted molar refractivity (Wildman–Crippen MR) is 63.0 cm³/mol. The number of aromatic nitrogens is 1. The summed E-state index contributed by atoms with van der Waals surface area (Å²) < 4.78 is 31.3. The van der Waals surface area contributed by atoms with Crippen LogP contribution >= 0.6 is 0 Å². The van der Waals surface area contributed by atoms with Gasteiger partial charge in [-0.3, -0.25) is 0 Å². The quantitative estimate of drug-likeness (QED) is 0.683. The molecule has 7 heteroatoms. The highest BCUT2D eigenvalue weighted by molar-refractivity contribution is 7.89. The van der Waals surface area contributed by atoms with Gasteiger partial charge in [0, 0.05) is 25.5 Å². The van der Waals surface area contributed by atoms with Gasteiger partial charge in [0.2, 0.25) is 10.0 Å². The molecule has 17 heavy (non-hydrogen) atoms. The summed E-state index contributed by atoms with van der Waals surface area (Å²) in [4.78, 5) is 2.78. The van der Waals surface area contributed by atoms with Crippen molar-refractivity contribution >= 4 is 10.0 Å². The molecule has 0 fully saturated rings. The van der Waals surface area contributed by atoms with Gasteiger partial charge in [-0.1, -0.05) is 0 Å². The van der Waals surface area contributed by atoms with Gasteiger partial charge in [0.05, 0.1) is 17.1 Å². The highest BCUT2D eigenvalue weighted by atomic mass is 32.2. The summed E-state index contributed by atoms with van der Waals surface area (Å²) in [5.41, 5.74) is -0.111. The molecule has 0 unspecified atom stereocenters. The minimum Gasteiger partial charge on any atom is -0.390 e. The number of aliphatic hydroxyl groups is 1. The van der Waals surface area contributed by atoms with Crippen LogP contribution in [0, 0.1) is 0 Å². The van der Waals surface area contributed by atoms with E-state index in [0.717, 1.165) is 0 Å². The second-order valence-electron chi connectivity index (χ2n) is 4.31. The van der Waals surface area contributed by atoms with Gasteiger partial charge in [0.1, 0.15) is 0 Å². The first-order valence-corrected chi connectivity index (χ1v) is 6.62. The van der Waals surface area contributed by atoms with Gasteiger partial charge in [-0.2, -0.15) is 0 Å². The van der Waals surface area contributed by atoms with Crippen molar-refractivity contribution in [1.29, 1.82) is 0 Å². The van der Waals surface area contributed by atoms with E-state index in [2.05, 4.69) is 9.71 Å². The number of methoxy groups -OCH3 is 1. The standard InChI is InChI=1S/C10H18N2O4S/c1-10(2,16-3)7-12-17(14,15)9-4-8(6-13)11-5-9/h4-5,11-13H,6-7H2,1-3H3. The fourth-order valence-electron chi connectivity index (χ4n) is 1.09. The van der Waals surface area contributed by atoms with E-state index in [0.29, 0.717) is 5.69 Å². The number of sulfonamides is 1. The first-order valence-electron chi connectivity index (χ1n) is 5.14. The maximum atomic E-state index is 11.9. The molecule has 0 saturated carbocycles. The zero-order valence-corrected chi connectivity index (χ0v) is 11.0. The molecule has 0 aromatic carbocycles. The van der Waals surface area contributed by atoms with Crippen molar-refractivity contribution in [2.75, 3.05) is 13.7 Å². The largest absolute Gasteiger partial charge is 0.390 e. The molecule has 98 valence electrons. The van der Waals surface area contributed by atoms with Gasteiger partial charge < -0.3 is 14.8 Å². The summed E-state index contributed by atoms with van der Waals surface area (Å²) in [6, 6.07) is 1.39. The molecule has 0 aliphatic heterocycles. The number of H-pyrrole nitrogens is 1. The molecule has 0 amide bonds. The Hall–Kier alpha value is -0.890. The molecule has 1 aromatic heterocycles. The van der Waals surface area contributed by atoms with Gasteiger partial charge in [0.25, 0.3) is 0 Å². The number of nitrogens with one attached hydrogen (secondary N) is 2. The number of hydrogen-bond donors (Lipinski definition) is 3. The molecular formula is C10H18N2O4S. The topological polar surface area (TPSA) is 91.4 Å². The van der Waals surface area contributed by atoms with E-state index in [1.54, 1.807) is 13.8 Å². The van der Waals surface area contributed by atoms with Gasteiger partial charge in [-0.15, -0.1) is 0 Å². The molecule has 1 aromatic rings. The van der Waals surface area contributed by atoms with Gasteiger partial charge >= 0.3 is 0 Å². The molecule has 0 bridgehead atoms. The van der Waals surface area contributed by atoms with E-state index in [1.807, 2.05) is 0 Å². The van der Waals surface area contributed by atoms with Crippen LogP contribution in [0.5, 0.6) is 0 Å². The highest BCUT2D eigenvalue weighted by Gasteiger charge is 2.22. The van der Waals surface area contributed by atoms with E-state index in [4.69, 9.17) is 9.84 Å². The van der Waals surface area contributed by atoms with Crippen LogP contribution in [0.2, 0.25) is 0 Å². The molecule has 6 nitrogen and oxygen atoms in total. The molecule has 1 rings (SSSR count). The number of aliphatic hydroxyl groups excluding tert-OH is 1. The average molecular weight is 262 g/mol. The third-order valence-corrected chi connectivity index (χ3v) is 3.82. The third kappa shape index (κ3) is 3.81. The van der Waals surface area contributed by atoms with Crippen LogP contribution in [0.1, 0.15) is 19.5 Å². The lowest BCUT2D eigenvalue weighted by Gasteiger charge is -2.22. The van der Waals surface area contributed by atoms with Crippen LogP contribution in [0.3, 0.4) is 0 Å². The first-order chi connectivity index (χ1) is 7.80. The van der Waals surface area contributed by atoms with Crippen molar-refractivity contribution in [3.05, 3.63) is 18.0 Å². The molecule has 1 heterocycles.